The van der Waals surface area contributed by atoms with Crippen molar-refractivity contribution in [3.05, 3.63) is 0 Å². The SMILES string of the molecule is CN=C1C2CC(O)C(C)C3CCCC(C(=O)N1C)C23. The maximum atomic E-state index is 12.5. The van der Waals surface area contributed by atoms with Crippen molar-refractivity contribution in [2.45, 2.75) is 38.7 Å². The predicted molar refractivity (Wildman–Crippen MR) is 73.7 cm³/mol. The Hall–Kier alpha value is -0.900. The zero-order valence-electron chi connectivity index (χ0n) is 12.0. The van der Waals surface area contributed by atoms with Gasteiger partial charge in [0.2, 0.25) is 5.91 Å². The number of carbonyl (C=O) groups is 1. The van der Waals surface area contributed by atoms with E-state index in [1.54, 1.807) is 11.9 Å². The first-order chi connectivity index (χ1) is 9.06. The van der Waals surface area contributed by atoms with Gasteiger partial charge in [-0.3, -0.25) is 9.79 Å². The van der Waals surface area contributed by atoms with E-state index in [0.29, 0.717) is 17.8 Å². The van der Waals surface area contributed by atoms with Crippen molar-refractivity contribution in [2.75, 3.05) is 14.1 Å². The fraction of sp³-hybridized carbons (Fsp3) is 0.867. The van der Waals surface area contributed by atoms with Gasteiger partial charge in [0.25, 0.3) is 0 Å². The van der Waals surface area contributed by atoms with E-state index in [0.717, 1.165) is 31.5 Å². The van der Waals surface area contributed by atoms with Gasteiger partial charge in [-0.15, -0.1) is 0 Å². The van der Waals surface area contributed by atoms with Crippen molar-refractivity contribution >= 4 is 11.7 Å². The van der Waals surface area contributed by atoms with Gasteiger partial charge >= 0.3 is 0 Å². The Labute approximate surface area is 114 Å². The van der Waals surface area contributed by atoms with Gasteiger partial charge in [0.05, 0.1) is 6.10 Å². The lowest BCUT2D eigenvalue weighted by Crippen LogP contribution is -2.60. The van der Waals surface area contributed by atoms with Crippen molar-refractivity contribution in [3.8, 4) is 0 Å². The number of piperidine rings is 1. The fourth-order valence-electron chi connectivity index (χ4n) is 4.86. The van der Waals surface area contributed by atoms with E-state index in [9.17, 15) is 9.90 Å². The number of nitrogens with zero attached hydrogens (tertiary/aromatic N) is 2. The Bertz CT molecular complexity index is 420. The molecule has 4 nitrogen and oxygen atoms in total. The summed E-state index contributed by atoms with van der Waals surface area (Å²) in [6, 6.07) is 0. The summed E-state index contributed by atoms with van der Waals surface area (Å²) in [6.07, 6.45) is 3.81. The molecule has 3 rings (SSSR count). The highest BCUT2D eigenvalue weighted by molar-refractivity contribution is 6.03. The standard InChI is InChI=1S/C15H24N2O2/c1-8-9-5-4-6-10-13(9)11(7-12(8)18)14(16-2)17(3)15(10)19/h8-13,18H,4-7H2,1-3H3. The summed E-state index contributed by atoms with van der Waals surface area (Å²) in [5, 5.41) is 10.3. The molecule has 3 aliphatic rings. The summed E-state index contributed by atoms with van der Waals surface area (Å²) in [4.78, 5) is 18.6. The number of hydrogen-bond acceptors (Lipinski definition) is 3. The van der Waals surface area contributed by atoms with Crippen molar-refractivity contribution in [1.82, 2.24) is 4.90 Å². The number of amides is 1. The summed E-state index contributed by atoms with van der Waals surface area (Å²) < 4.78 is 0. The first-order valence-electron chi connectivity index (χ1n) is 7.48. The van der Waals surface area contributed by atoms with Crippen LogP contribution in [0.3, 0.4) is 0 Å². The minimum atomic E-state index is -0.247. The molecule has 0 aromatic carbocycles. The van der Waals surface area contributed by atoms with E-state index < -0.39 is 0 Å². The Balaban J connectivity index is 2.02. The van der Waals surface area contributed by atoms with Gasteiger partial charge in [-0.25, -0.2) is 0 Å². The predicted octanol–water partition coefficient (Wildman–Crippen LogP) is 1.54. The highest BCUT2D eigenvalue weighted by atomic mass is 16.3. The highest BCUT2D eigenvalue weighted by Crippen LogP contribution is 2.52. The van der Waals surface area contributed by atoms with Gasteiger partial charge in [0.15, 0.2) is 0 Å². The molecular weight excluding hydrogens is 240 g/mol. The summed E-state index contributed by atoms with van der Waals surface area (Å²) in [5.74, 6) is 2.79. The maximum Gasteiger partial charge on any atom is 0.231 e. The van der Waals surface area contributed by atoms with E-state index in [-0.39, 0.29) is 23.8 Å². The molecule has 1 amide bonds. The number of hydrogen-bond donors (Lipinski definition) is 1. The summed E-state index contributed by atoms with van der Waals surface area (Å²) >= 11 is 0. The Morgan fingerprint density at radius 2 is 2.05 bits per heavy atom. The summed E-state index contributed by atoms with van der Waals surface area (Å²) in [6.45, 7) is 2.15. The molecule has 6 atom stereocenters. The van der Waals surface area contributed by atoms with Crippen LogP contribution < -0.4 is 0 Å². The zero-order chi connectivity index (χ0) is 13.7. The topological polar surface area (TPSA) is 52.9 Å². The van der Waals surface area contributed by atoms with Crippen LogP contribution in [0.25, 0.3) is 0 Å². The zero-order valence-corrected chi connectivity index (χ0v) is 12.0. The van der Waals surface area contributed by atoms with Crippen LogP contribution in [0.5, 0.6) is 0 Å². The van der Waals surface area contributed by atoms with Crippen LogP contribution in [-0.2, 0) is 4.79 Å². The largest absolute Gasteiger partial charge is 0.393 e. The average Bonchev–Trinajstić information content (AvgIpc) is 2.42. The monoisotopic (exact) mass is 264 g/mol. The van der Waals surface area contributed by atoms with E-state index in [1.165, 1.54) is 0 Å². The Morgan fingerprint density at radius 1 is 1.32 bits per heavy atom. The molecule has 0 aromatic heterocycles. The third-order valence-corrected chi connectivity index (χ3v) is 5.81. The summed E-state index contributed by atoms with van der Waals surface area (Å²) in [7, 11) is 3.61. The molecule has 1 saturated heterocycles. The molecule has 4 heteroatoms. The fourth-order valence-corrected chi connectivity index (χ4v) is 4.86. The van der Waals surface area contributed by atoms with E-state index in [1.807, 2.05) is 7.05 Å². The number of aliphatic hydroxyl groups excluding tert-OH is 1. The Kier molecular flexibility index (Phi) is 3.16. The third-order valence-electron chi connectivity index (χ3n) is 5.81. The molecule has 2 saturated carbocycles. The summed E-state index contributed by atoms with van der Waals surface area (Å²) in [5.41, 5.74) is 0. The molecule has 2 aliphatic carbocycles. The van der Waals surface area contributed by atoms with Crippen LogP contribution >= 0.6 is 0 Å². The van der Waals surface area contributed by atoms with Crippen molar-refractivity contribution in [2.24, 2.45) is 34.6 Å². The molecule has 1 N–H and O–H groups in total. The molecular formula is C15H24N2O2. The molecule has 1 aliphatic heterocycles. The maximum absolute atomic E-state index is 12.5. The highest BCUT2D eigenvalue weighted by Gasteiger charge is 2.54. The number of rotatable bonds is 0. The van der Waals surface area contributed by atoms with Gasteiger partial charge in [-0.05, 0) is 37.0 Å². The van der Waals surface area contributed by atoms with Crippen LogP contribution in [0.1, 0.15) is 32.6 Å². The first-order valence-corrected chi connectivity index (χ1v) is 7.48. The van der Waals surface area contributed by atoms with Gasteiger partial charge in [0.1, 0.15) is 5.84 Å². The molecule has 1 heterocycles. The number of aliphatic imine (C=N–C) groups is 1. The van der Waals surface area contributed by atoms with Crippen LogP contribution in [0.2, 0.25) is 0 Å². The van der Waals surface area contributed by atoms with Gasteiger partial charge < -0.3 is 10.0 Å². The minimum absolute atomic E-state index is 0.161. The van der Waals surface area contributed by atoms with Crippen LogP contribution in [-0.4, -0.2) is 41.9 Å². The minimum Gasteiger partial charge on any atom is -0.393 e. The molecule has 0 bridgehead atoms. The molecule has 6 unspecified atom stereocenters. The molecule has 106 valence electrons. The molecule has 0 spiro atoms. The first kappa shape index (κ1) is 13.1. The number of aliphatic hydroxyl groups is 1. The number of amidine groups is 1. The molecule has 19 heavy (non-hydrogen) atoms. The van der Waals surface area contributed by atoms with Crippen LogP contribution in [0.15, 0.2) is 4.99 Å². The van der Waals surface area contributed by atoms with Crippen molar-refractivity contribution < 1.29 is 9.90 Å². The van der Waals surface area contributed by atoms with Gasteiger partial charge in [0, 0.05) is 25.9 Å². The molecule has 0 radical (unpaired) electrons. The molecule has 3 fully saturated rings. The van der Waals surface area contributed by atoms with Gasteiger partial charge in [-0.2, -0.15) is 0 Å². The lowest BCUT2D eigenvalue weighted by molar-refractivity contribution is -0.144. The second-order valence-corrected chi connectivity index (χ2v) is 6.53. The van der Waals surface area contributed by atoms with Crippen molar-refractivity contribution in [1.29, 1.82) is 0 Å². The van der Waals surface area contributed by atoms with E-state index in [4.69, 9.17) is 0 Å². The van der Waals surface area contributed by atoms with E-state index in [2.05, 4.69) is 11.9 Å². The number of likely N-dealkylation sites (tertiary alicyclic amines) is 1. The second-order valence-electron chi connectivity index (χ2n) is 6.53. The second kappa shape index (κ2) is 4.58. The quantitative estimate of drug-likeness (QED) is 0.721. The van der Waals surface area contributed by atoms with Gasteiger partial charge in [-0.1, -0.05) is 13.3 Å². The molecule has 0 aromatic rings. The van der Waals surface area contributed by atoms with E-state index >= 15 is 0 Å². The normalized spacial score (nSPS) is 48.3. The van der Waals surface area contributed by atoms with Crippen LogP contribution in [0, 0.1) is 29.6 Å². The Morgan fingerprint density at radius 3 is 2.74 bits per heavy atom. The smallest absolute Gasteiger partial charge is 0.231 e. The lowest BCUT2D eigenvalue weighted by Gasteiger charge is -2.54. The number of carbonyl (C=O) groups excluding carboxylic acids is 1. The van der Waals surface area contributed by atoms with Crippen LogP contribution in [0.4, 0.5) is 0 Å². The van der Waals surface area contributed by atoms with Crippen molar-refractivity contribution in [3.63, 3.8) is 0 Å². The third kappa shape index (κ3) is 1.76. The lowest BCUT2D eigenvalue weighted by atomic mass is 9.55. The average molecular weight is 264 g/mol.